The molecule has 1 atom stereocenters. The zero-order valence-corrected chi connectivity index (χ0v) is 29.3. The van der Waals surface area contributed by atoms with E-state index in [1.807, 2.05) is 13.1 Å². The number of aromatic nitrogens is 1. The third-order valence-corrected chi connectivity index (χ3v) is 12.0. The lowest BCUT2D eigenvalue weighted by molar-refractivity contribution is 0.323. The van der Waals surface area contributed by atoms with E-state index >= 15 is 0 Å². The highest BCUT2D eigenvalue weighted by atomic mass is 32.1. The lowest BCUT2D eigenvalue weighted by atomic mass is 9.77. The van der Waals surface area contributed by atoms with Gasteiger partial charge in [0.25, 0.3) is 0 Å². The number of hydrogen-bond donors (Lipinski definition) is 0. The molecule has 5 rings (SSSR count). The Hall–Kier alpha value is -2.94. The van der Waals surface area contributed by atoms with Crippen LogP contribution in [0.1, 0.15) is 106 Å². The average molecular weight is 623 g/mol. The Morgan fingerprint density at radius 1 is 1.04 bits per heavy atom. The molecule has 240 valence electrons. The molecule has 0 N–H and O–H groups in total. The Morgan fingerprint density at radius 2 is 1.80 bits per heavy atom. The highest BCUT2D eigenvalue weighted by Gasteiger charge is 2.31. The summed E-state index contributed by atoms with van der Waals surface area (Å²) in [5, 5.41) is 11.0. The summed E-state index contributed by atoms with van der Waals surface area (Å²) in [6.45, 7) is 13.2. The highest BCUT2D eigenvalue weighted by Crippen LogP contribution is 2.41. The van der Waals surface area contributed by atoms with E-state index in [1.165, 1.54) is 91.4 Å². The minimum absolute atomic E-state index is 0.571. The molecule has 5 heteroatoms. The summed E-state index contributed by atoms with van der Waals surface area (Å²) in [6.07, 6.45) is 15.4. The molecule has 0 spiro atoms. The minimum atomic E-state index is -0.582. The van der Waals surface area contributed by atoms with Gasteiger partial charge in [-0.25, -0.2) is 4.98 Å². The normalized spacial score (nSPS) is 20.5. The lowest BCUT2D eigenvalue weighted by Crippen LogP contribution is -2.33. The van der Waals surface area contributed by atoms with Gasteiger partial charge in [-0.2, -0.15) is 5.26 Å². The molecule has 4 nitrogen and oxygen atoms in total. The van der Waals surface area contributed by atoms with Crippen molar-refractivity contribution >= 4 is 17.0 Å². The molecule has 2 saturated carbocycles. The topological polar surface area (TPSA) is 43.2 Å². The first-order chi connectivity index (χ1) is 21.7. The molecular formula is C40H54N4S. The van der Waals surface area contributed by atoms with Crippen LogP contribution in [0.25, 0.3) is 10.4 Å². The first kappa shape index (κ1) is 33.4. The van der Waals surface area contributed by atoms with Crippen LogP contribution in [0.4, 0.5) is 5.69 Å². The van der Waals surface area contributed by atoms with E-state index in [0.717, 1.165) is 35.8 Å². The molecule has 1 aromatic heterocycles. The third-order valence-electron chi connectivity index (χ3n) is 10.7. The molecule has 45 heavy (non-hydrogen) atoms. The van der Waals surface area contributed by atoms with E-state index in [0.29, 0.717) is 17.8 Å². The Kier molecular flexibility index (Phi) is 11.2. The number of nitriles is 1. The van der Waals surface area contributed by atoms with Crippen molar-refractivity contribution in [1.29, 1.82) is 5.26 Å². The first-order valence-electron chi connectivity index (χ1n) is 17.4. The number of hydrogen-bond acceptors (Lipinski definition) is 5. The molecule has 1 unspecified atom stereocenters. The van der Waals surface area contributed by atoms with Crippen molar-refractivity contribution in [3.63, 3.8) is 0 Å². The molecule has 2 aromatic carbocycles. The molecule has 0 aliphatic heterocycles. The second-order valence-corrected chi connectivity index (χ2v) is 15.3. The van der Waals surface area contributed by atoms with Gasteiger partial charge in [-0.15, -0.1) is 11.3 Å². The van der Waals surface area contributed by atoms with Crippen molar-refractivity contribution < 1.29 is 0 Å². The van der Waals surface area contributed by atoms with Gasteiger partial charge < -0.3 is 9.80 Å². The molecule has 0 saturated heterocycles. The quantitative estimate of drug-likeness (QED) is 0.202. The minimum Gasteiger partial charge on any atom is -0.345 e. The Balaban J connectivity index is 1.34. The third kappa shape index (κ3) is 8.08. The molecule has 0 bridgehead atoms. The van der Waals surface area contributed by atoms with Crippen LogP contribution in [-0.2, 0) is 11.8 Å². The summed E-state index contributed by atoms with van der Waals surface area (Å²) in [5.41, 5.74) is 7.63. The Bertz CT molecular complexity index is 1470. The van der Waals surface area contributed by atoms with Gasteiger partial charge in [0.15, 0.2) is 0 Å². The summed E-state index contributed by atoms with van der Waals surface area (Å²) in [4.78, 5) is 10.6. The second-order valence-electron chi connectivity index (χ2n) is 14.3. The Labute approximate surface area is 277 Å². The van der Waals surface area contributed by atoms with Crippen LogP contribution in [0.5, 0.6) is 0 Å². The van der Waals surface area contributed by atoms with Gasteiger partial charge >= 0.3 is 0 Å². The van der Waals surface area contributed by atoms with Crippen LogP contribution in [0.15, 0.2) is 60.9 Å². The highest BCUT2D eigenvalue weighted by molar-refractivity contribution is 7.15. The van der Waals surface area contributed by atoms with Crippen molar-refractivity contribution in [3.05, 3.63) is 82.6 Å². The number of aryl methyl sites for hydroxylation is 2. The van der Waals surface area contributed by atoms with Gasteiger partial charge in [0, 0.05) is 24.1 Å². The molecule has 2 aliphatic carbocycles. The number of benzene rings is 2. The summed E-state index contributed by atoms with van der Waals surface area (Å²) < 4.78 is 0. The van der Waals surface area contributed by atoms with Crippen LogP contribution in [0.2, 0.25) is 0 Å². The van der Waals surface area contributed by atoms with E-state index in [1.54, 1.807) is 11.3 Å². The lowest BCUT2D eigenvalue weighted by Gasteiger charge is -2.38. The van der Waals surface area contributed by atoms with Gasteiger partial charge in [0.05, 0.1) is 10.9 Å². The SMILES string of the molecule is C=C(C1CCCCC1)N(CC1CCC(c2ccc(CC)c(C)c2)CC1)c1cccc(-c2cnc(C(C)(C#N)CCN(C)C)s2)c1. The summed E-state index contributed by atoms with van der Waals surface area (Å²) >= 11 is 1.67. The molecule has 2 aliphatic rings. The summed E-state index contributed by atoms with van der Waals surface area (Å²) in [5.74, 6) is 1.92. The summed E-state index contributed by atoms with van der Waals surface area (Å²) in [7, 11) is 4.11. The second kappa shape index (κ2) is 15.1. The number of thiazole rings is 1. The van der Waals surface area contributed by atoms with Crippen LogP contribution < -0.4 is 4.90 Å². The fourth-order valence-electron chi connectivity index (χ4n) is 7.50. The molecular weight excluding hydrogens is 569 g/mol. The standard InChI is InChI=1S/C40H54N4S/c1-7-32-20-21-35(24-29(32)2)34-18-16-31(17-19-34)27-44(30(3)33-12-9-8-10-13-33)37-15-11-14-36(25-37)38-26-42-39(45-38)40(4,28-41)22-23-43(5)6/h11,14-15,20-21,24-26,31,33-34H,3,7-10,12-13,16-19,22-23,27H2,1-2,4-6H3. The molecule has 0 amide bonds. The van der Waals surface area contributed by atoms with Crippen molar-refractivity contribution in [3.8, 4) is 16.5 Å². The fraction of sp³-hybridized carbons (Fsp3) is 0.550. The zero-order valence-electron chi connectivity index (χ0n) is 28.4. The largest absolute Gasteiger partial charge is 0.345 e. The fourth-order valence-corrected chi connectivity index (χ4v) is 8.54. The maximum Gasteiger partial charge on any atom is 0.113 e. The average Bonchev–Trinajstić information content (AvgIpc) is 3.58. The van der Waals surface area contributed by atoms with E-state index < -0.39 is 5.41 Å². The van der Waals surface area contributed by atoms with Gasteiger partial charge in [0.2, 0.25) is 0 Å². The van der Waals surface area contributed by atoms with Gasteiger partial charge in [-0.1, -0.05) is 63.1 Å². The van der Waals surface area contributed by atoms with Crippen molar-refractivity contribution in [2.24, 2.45) is 11.8 Å². The number of nitrogens with zero attached hydrogens (tertiary/aromatic N) is 4. The smallest absolute Gasteiger partial charge is 0.113 e. The number of anilines is 1. The van der Waals surface area contributed by atoms with E-state index in [4.69, 9.17) is 11.6 Å². The van der Waals surface area contributed by atoms with Crippen LogP contribution in [0, 0.1) is 30.1 Å². The van der Waals surface area contributed by atoms with Gasteiger partial charge in [0.1, 0.15) is 10.4 Å². The number of rotatable bonds is 12. The van der Waals surface area contributed by atoms with Crippen molar-refractivity contribution in [1.82, 2.24) is 9.88 Å². The predicted octanol–water partition coefficient (Wildman–Crippen LogP) is 10.3. The van der Waals surface area contributed by atoms with Gasteiger partial charge in [-0.05, 0) is 138 Å². The maximum atomic E-state index is 10.1. The maximum absolute atomic E-state index is 10.1. The van der Waals surface area contributed by atoms with E-state index in [-0.39, 0.29) is 0 Å². The first-order valence-corrected chi connectivity index (χ1v) is 18.2. The predicted molar refractivity (Wildman–Crippen MR) is 192 cm³/mol. The molecule has 1 heterocycles. The molecule has 3 aromatic rings. The zero-order chi connectivity index (χ0) is 32.0. The number of allylic oxidation sites excluding steroid dienone is 1. The van der Waals surface area contributed by atoms with Crippen molar-refractivity contribution in [2.75, 3.05) is 32.1 Å². The monoisotopic (exact) mass is 622 g/mol. The van der Waals surface area contributed by atoms with Crippen LogP contribution in [0.3, 0.4) is 0 Å². The Morgan fingerprint density at radius 3 is 2.47 bits per heavy atom. The van der Waals surface area contributed by atoms with Crippen LogP contribution >= 0.6 is 11.3 Å². The molecule has 0 radical (unpaired) electrons. The summed E-state index contributed by atoms with van der Waals surface area (Å²) in [6, 6.07) is 18.8. The van der Waals surface area contributed by atoms with E-state index in [9.17, 15) is 5.26 Å². The molecule has 2 fully saturated rings. The van der Waals surface area contributed by atoms with E-state index in [2.05, 4.69) is 86.3 Å². The van der Waals surface area contributed by atoms with Crippen molar-refractivity contribution in [2.45, 2.75) is 103 Å². The van der Waals surface area contributed by atoms with Gasteiger partial charge in [-0.3, -0.25) is 0 Å². The van der Waals surface area contributed by atoms with Crippen LogP contribution in [-0.4, -0.2) is 37.1 Å².